The number of aliphatic hydroxyl groups excluding tert-OH is 1. The third-order valence-electron chi connectivity index (χ3n) is 2.27. The Morgan fingerprint density at radius 2 is 2.00 bits per heavy atom. The molecule has 0 aliphatic heterocycles. The zero-order valence-electron chi connectivity index (χ0n) is 9.41. The molecule has 0 spiro atoms. The van der Waals surface area contributed by atoms with Crippen molar-refractivity contribution >= 4 is 15.7 Å². The largest absolute Gasteiger partial charge is 0.394 e. The molecule has 0 saturated heterocycles. The average molecular weight is 237 g/mol. The maximum absolute atomic E-state index is 11.3. The van der Waals surface area contributed by atoms with Crippen molar-refractivity contribution in [1.82, 2.24) is 5.32 Å². The van der Waals surface area contributed by atoms with E-state index in [0.29, 0.717) is 6.42 Å². The third kappa shape index (κ3) is 6.46. The zero-order valence-corrected chi connectivity index (χ0v) is 10.2. The normalized spacial score (nSPS) is 15.7. The number of rotatable bonds is 6. The predicted molar refractivity (Wildman–Crippen MR) is 58.3 cm³/mol. The topological polar surface area (TPSA) is 83.5 Å². The van der Waals surface area contributed by atoms with Crippen LogP contribution in [0.4, 0.5) is 0 Å². The Morgan fingerprint density at radius 1 is 1.47 bits per heavy atom. The molecule has 0 saturated carbocycles. The Bertz CT molecular complexity index is 306. The number of carbonyl (C=O) groups excluding carboxylic acids is 1. The van der Waals surface area contributed by atoms with E-state index in [9.17, 15) is 13.2 Å². The first-order chi connectivity index (χ1) is 6.72. The van der Waals surface area contributed by atoms with Gasteiger partial charge in [-0.05, 0) is 13.3 Å². The van der Waals surface area contributed by atoms with Crippen molar-refractivity contribution in [3.63, 3.8) is 0 Å². The Hall–Kier alpha value is -0.620. The third-order valence-corrected chi connectivity index (χ3v) is 3.22. The maximum atomic E-state index is 11.3. The summed E-state index contributed by atoms with van der Waals surface area (Å²) in [7, 11) is -3.11. The molecule has 0 radical (unpaired) electrons. The summed E-state index contributed by atoms with van der Waals surface area (Å²) in [5, 5.41) is 11.6. The molecule has 0 fully saturated rings. The summed E-state index contributed by atoms with van der Waals surface area (Å²) < 4.78 is 21.6. The monoisotopic (exact) mass is 237 g/mol. The molecule has 0 aromatic carbocycles. The summed E-state index contributed by atoms with van der Waals surface area (Å²) in [6.07, 6.45) is 1.62. The first kappa shape index (κ1) is 14.4. The van der Waals surface area contributed by atoms with Gasteiger partial charge in [-0.15, -0.1) is 0 Å². The second-order valence-corrected chi connectivity index (χ2v) is 6.26. The van der Waals surface area contributed by atoms with Crippen LogP contribution in [0.2, 0.25) is 0 Å². The van der Waals surface area contributed by atoms with Gasteiger partial charge in [0.15, 0.2) is 0 Å². The lowest BCUT2D eigenvalue weighted by molar-refractivity contribution is -0.123. The minimum Gasteiger partial charge on any atom is -0.394 e. The van der Waals surface area contributed by atoms with Crippen molar-refractivity contribution in [3.8, 4) is 0 Å². The van der Waals surface area contributed by atoms with Crippen molar-refractivity contribution in [3.05, 3.63) is 0 Å². The molecule has 1 atom stereocenters. The Labute approximate surface area is 90.8 Å². The number of hydrogen-bond donors (Lipinski definition) is 2. The highest BCUT2D eigenvalue weighted by Gasteiger charge is 2.23. The molecule has 0 aliphatic carbocycles. The van der Waals surface area contributed by atoms with Crippen LogP contribution in [0.5, 0.6) is 0 Å². The molecule has 90 valence electrons. The quantitative estimate of drug-likeness (QED) is 0.664. The number of sulfone groups is 1. The van der Waals surface area contributed by atoms with Gasteiger partial charge < -0.3 is 10.4 Å². The van der Waals surface area contributed by atoms with E-state index >= 15 is 0 Å². The summed E-state index contributed by atoms with van der Waals surface area (Å²) in [5.41, 5.74) is -0.658. The summed E-state index contributed by atoms with van der Waals surface area (Å²) in [6, 6.07) is 0. The van der Waals surface area contributed by atoms with Crippen molar-refractivity contribution in [2.45, 2.75) is 32.2 Å². The standard InChI is InChI=1S/C9H19NO4S/c1-4-9(2,7-11)10-8(12)5-6-15(3,13)14/h11H,4-7H2,1-3H3,(H,10,12). The minimum absolute atomic E-state index is 0.0611. The SMILES string of the molecule is CCC(C)(CO)NC(=O)CCS(C)(=O)=O. The van der Waals surface area contributed by atoms with Crippen molar-refractivity contribution in [1.29, 1.82) is 0 Å². The van der Waals surface area contributed by atoms with E-state index in [1.54, 1.807) is 6.92 Å². The van der Waals surface area contributed by atoms with Crippen LogP contribution in [0, 0.1) is 0 Å². The van der Waals surface area contributed by atoms with Gasteiger partial charge in [0, 0.05) is 12.7 Å². The lowest BCUT2D eigenvalue weighted by Crippen LogP contribution is -2.48. The molecular formula is C9H19NO4S. The van der Waals surface area contributed by atoms with Crippen molar-refractivity contribution in [2.24, 2.45) is 0 Å². The van der Waals surface area contributed by atoms with Crippen LogP contribution < -0.4 is 5.32 Å². The number of amides is 1. The zero-order chi connectivity index (χ0) is 12.1. The lowest BCUT2D eigenvalue weighted by atomic mass is 10.0. The second kappa shape index (κ2) is 5.46. The summed E-state index contributed by atoms with van der Waals surface area (Å²) in [6.45, 7) is 3.40. The number of aliphatic hydroxyl groups is 1. The van der Waals surface area contributed by atoms with Crippen LogP contribution in [0.25, 0.3) is 0 Å². The summed E-state index contributed by atoms with van der Waals surface area (Å²) in [5.74, 6) is -0.511. The van der Waals surface area contributed by atoms with E-state index in [4.69, 9.17) is 5.11 Å². The van der Waals surface area contributed by atoms with Crippen LogP contribution in [-0.2, 0) is 14.6 Å². The van der Waals surface area contributed by atoms with Crippen LogP contribution in [-0.4, -0.2) is 43.6 Å². The highest BCUT2D eigenvalue weighted by molar-refractivity contribution is 7.90. The van der Waals surface area contributed by atoms with E-state index in [-0.39, 0.29) is 24.7 Å². The van der Waals surface area contributed by atoms with Crippen LogP contribution >= 0.6 is 0 Å². The maximum Gasteiger partial charge on any atom is 0.221 e. The van der Waals surface area contributed by atoms with Crippen LogP contribution in [0.1, 0.15) is 26.7 Å². The van der Waals surface area contributed by atoms with Crippen LogP contribution in [0.15, 0.2) is 0 Å². The molecular weight excluding hydrogens is 218 g/mol. The molecule has 0 heterocycles. The van der Waals surface area contributed by atoms with Gasteiger partial charge in [-0.3, -0.25) is 4.79 Å². The fourth-order valence-electron chi connectivity index (χ4n) is 0.917. The van der Waals surface area contributed by atoms with Crippen molar-refractivity contribution in [2.75, 3.05) is 18.6 Å². The minimum atomic E-state index is -3.11. The van der Waals surface area contributed by atoms with E-state index < -0.39 is 15.4 Å². The highest BCUT2D eigenvalue weighted by atomic mass is 32.2. The van der Waals surface area contributed by atoms with Gasteiger partial charge >= 0.3 is 0 Å². The highest BCUT2D eigenvalue weighted by Crippen LogP contribution is 2.07. The van der Waals surface area contributed by atoms with Crippen LogP contribution in [0.3, 0.4) is 0 Å². The number of carbonyl (C=O) groups is 1. The molecule has 5 nitrogen and oxygen atoms in total. The first-order valence-electron chi connectivity index (χ1n) is 4.82. The van der Waals surface area contributed by atoms with Gasteiger partial charge in [0.2, 0.25) is 5.91 Å². The van der Waals surface area contributed by atoms with E-state index in [1.807, 2.05) is 6.92 Å². The van der Waals surface area contributed by atoms with Gasteiger partial charge in [0.05, 0.1) is 17.9 Å². The van der Waals surface area contributed by atoms with Gasteiger partial charge in [0.25, 0.3) is 0 Å². The van der Waals surface area contributed by atoms with E-state index in [0.717, 1.165) is 6.26 Å². The fourth-order valence-corrected chi connectivity index (χ4v) is 1.47. The molecule has 0 rings (SSSR count). The summed E-state index contributed by atoms with van der Waals surface area (Å²) in [4.78, 5) is 11.3. The Morgan fingerprint density at radius 3 is 2.33 bits per heavy atom. The van der Waals surface area contributed by atoms with E-state index in [2.05, 4.69) is 5.32 Å². The molecule has 15 heavy (non-hydrogen) atoms. The van der Waals surface area contributed by atoms with Gasteiger partial charge in [0.1, 0.15) is 9.84 Å². The second-order valence-electron chi connectivity index (χ2n) is 4.00. The van der Waals surface area contributed by atoms with Crippen molar-refractivity contribution < 1.29 is 18.3 Å². The Kier molecular flexibility index (Phi) is 5.23. The molecule has 0 aromatic heterocycles. The molecule has 0 aliphatic rings. The predicted octanol–water partition coefficient (Wildman–Crippen LogP) is -0.302. The lowest BCUT2D eigenvalue weighted by Gasteiger charge is -2.27. The van der Waals surface area contributed by atoms with Gasteiger partial charge in [-0.2, -0.15) is 0 Å². The fraction of sp³-hybridized carbons (Fsp3) is 0.889. The summed E-state index contributed by atoms with van der Waals surface area (Å²) >= 11 is 0. The molecule has 0 aromatic rings. The molecule has 6 heteroatoms. The smallest absolute Gasteiger partial charge is 0.221 e. The number of nitrogens with one attached hydrogen (secondary N) is 1. The average Bonchev–Trinajstić information content (AvgIpc) is 2.13. The Balaban J connectivity index is 4.15. The van der Waals surface area contributed by atoms with Gasteiger partial charge in [-0.1, -0.05) is 6.92 Å². The van der Waals surface area contributed by atoms with Gasteiger partial charge in [-0.25, -0.2) is 8.42 Å². The molecule has 2 N–H and O–H groups in total. The van der Waals surface area contributed by atoms with E-state index in [1.165, 1.54) is 0 Å². The first-order valence-corrected chi connectivity index (χ1v) is 6.88. The molecule has 0 bridgehead atoms. The molecule has 1 amide bonds. The molecule has 1 unspecified atom stereocenters. The number of hydrogen-bond acceptors (Lipinski definition) is 4.